The third-order valence-electron chi connectivity index (χ3n) is 4.59. The lowest BCUT2D eigenvalue weighted by molar-refractivity contribution is 0.0897. The number of nitrogens with zero attached hydrogens (tertiary/aromatic N) is 3. The number of nitrogens with one attached hydrogen (secondary N) is 1. The number of likely N-dealkylation sites (tertiary alicyclic amines) is 1. The molecule has 0 unspecified atom stereocenters. The van der Waals surface area contributed by atoms with E-state index in [1.807, 2.05) is 6.07 Å². The molecule has 0 saturated carbocycles. The van der Waals surface area contributed by atoms with Crippen LogP contribution >= 0.6 is 0 Å². The van der Waals surface area contributed by atoms with Crippen molar-refractivity contribution in [3.8, 4) is 0 Å². The van der Waals surface area contributed by atoms with E-state index in [0.717, 1.165) is 38.9 Å². The Morgan fingerprint density at radius 3 is 2.80 bits per heavy atom. The summed E-state index contributed by atoms with van der Waals surface area (Å²) in [7, 11) is 1.55. The van der Waals surface area contributed by atoms with E-state index in [4.69, 9.17) is 0 Å². The second kappa shape index (κ2) is 8.07. The summed E-state index contributed by atoms with van der Waals surface area (Å²) in [6.45, 7) is 2.91. The van der Waals surface area contributed by atoms with Gasteiger partial charge in [0.25, 0.3) is 11.5 Å². The normalized spacial score (nSPS) is 18.0. The third-order valence-corrected chi connectivity index (χ3v) is 4.59. The van der Waals surface area contributed by atoms with Gasteiger partial charge in [0.15, 0.2) is 0 Å². The molecule has 25 heavy (non-hydrogen) atoms. The number of benzene rings is 1. The molecule has 6 heteroatoms. The van der Waals surface area contributed by atoms with Crippen molar-refractivity contribution in [2.75, 3.05) is 19.6 Å². The first kappa shape index (κ1) is 17.4. The van der Waals surface area contributed by atoms with Crippen LogP contribution in [0.2, 0.25) is 0 Å². The van der Waals surface area contributed by atoms with Gasteiger partial charge in [-0.15, -0.1) is 0 Å². The number of hydrogen-bond donors (Lipinski definition) is 1. The molecule has 1 N–H and O–H groups in total. The minimum Gasteiger partial charge on any atom is -0.347 e. The molecule has 0 aliphatic carbocycles. The molecule has 1 saturated heterocycles. The number of hydrogen-bond acceptors (Lipinski definition) is 4. The Kier molecular flexibility index (Phi) is 5.60. The van der Waals surface area contributed by atoms with E-state index in [2.05, 4.69) is 39.6 Å². The van der Waals surface area contributed by atoms with Crippen LogP contribution in [-0.2, 0) is 13.5 Å². The Morgan fingerprint density at radius 1 is 1.24 bits per heavy atom. The van der Waals surface area contributed by atoms with Gasteiger partial charge in [-0.1, -0.05) is 30.3 Å². The number of piperidine rings is 1. The highest BCUT2D eigenvalue weighted by Gasteiger charge is 2.22. The molecule has 1 aliphatic heterocycles. The lowest BCUT2D eigenvalue weighted by Crippen LogP contribution is -2.48. The van der Waals surface area contributed by atoms with Crippen LogP contribution in [0.25, 0.3) is 0 Å². The van der Waals surface area contributed by atoms with Crippen LogP contribution in [0.15, 0.2) is 47.3 Å². The second-order valence-corrected chi connectivity index (χ2v) is 6.53. The Bertz CT molecular complexity index is 772. The highest BCUT2D eigenvalue weighted by atomic mass is 16.2. The van der Waals surface area contributed by atoms with Gasteiger partial charge in [0, 0.05) is 32.2 Å². The van der Waals surface area contributed by atoms with Gasteiger partial charge in [-0.2, -0.15) is 5.10 Å². The predicted octanol–water partition coefficient (Wildman–Crippen LogP) is 1.22. The van der Waals surface area contributed by atoms with Crippen LogP contribution in [0, 0.1) is 0 Å². The smallest absolute Gasteiger partial charge is 0.271 e. The summed E-state index contributed by atoms with van der Waals surface area (Å²) < 4.78 is 1.18. The van der Waals surface area contributed by atoms with E-state index in [1.54, 1.807) is 7.05 Å². The molecule has 2 heterocycles. The summed E-state index contributed by atoms with van der Waals surface area (Å²) in [4.78, 5) is 26.1. The van der Waals surface area contributed by atoms with Crippen molar-refractivity contribution in [1.82, 2.24) is 20.0 Å². The molecule has 132 valence electrons. The van der Waals surface area contributed by atoms with Gasteiger partial charge in [-0.3, -0.25) is 9.59 Å². The first-order valence-electron chi connectivity index (χ1n) is 8.73. The van der Waals surface area contributed by atoms with E-state index >= 15 is 0 Å². The second-order valence-electron chi connectivity index (χ2n) is 6.53. The summed E-state index contributed by atoms with van der Waals surface area (Å²) in [6, 6.07) is 13.4. The maximum atomic E-state index is 12.4. The van der Waals surface area contributed by atoms with E-state index in [0.29, 0.717) is 0 Å². The Morgan fingerprint density at radius 2 is 2.04 bits per heavy atom. The van der Waals surface area contributed by atoms with Crippen LogP contribution in [0.4, 0.5) is 0 Å². The average molecular weight is 340 g/mol. The Labute approximate surface area is 147 Å². The zero-order chi connectivity index (χ0) is 17.6. The summed E-state index contributed by atoms with van der Waals surface area (Å²) >= 11 is 0. The molecule has 0 spiro atoms. The minimum absolute atomic E-state index is 0.121. The fourth-order valence-electron chi connectivity index (χ4n) is 3.19. The van der Waals surface area contributed by atoms with Gasteiger partial charge < -0.3 is 10.2 Å². The van der Waals surface area contributed by atoms with E-state index in [9.17, 15) is 9.59 Å². The molecule has 2 aromatic rings. The van der Waals surface area contributed by atoms with Crippen LogP contribution in [-0.4, -0.2) is 46.3 Å². The third kappa shape index (κ3) is 4.76. The summed E-state index contributed by atoms with van der Waals surface area (Å²) in [5.74, 6) is -0.217. The first-order chi connectivity index (χ1) is 12.1. The van der Waals surface area contributed by atoms with Gasteiger partial charge in [-0.25, -0.2) is 4.68 Å². The molecule has 1 aliphatic rings. The Balaban J connectivity index is 1.53. The molecular formula is C19H24N4O2. The fraction of sp³-hybridized carbons (Fsp3) is 0.421. The highest BCUT2D eigenvalue weighted by molar-refractivity contribution is 5.92. The molecule has 3 rings (SSSR count). The zero-order valence-corrected chi connectivity index (χ0v) is 14.5. The van der Waals surface area contributed by atoms with Crippen molar-refractivity contribution in [1.29, 1.82) is 0 Å². The van der Waals surface area contributed by atoms with Crippen molar-refractivity contribution in [2.24, 2.45) is 7.05 Å². The van der Waals surface area contributed by atoms with Crippen LogP contribution < -0.4 is 10.9 Å². The molecule has 1 aromatic heterocycles. The molecule has 1 fully saturated rings. The first-order valence-corrected chi connectivity index (χ1v) is 8.73. The lowest BCUT2D eigenvalue weighted by Gasteiger charge is -2.33. The van der Waals surface area contributed by atoms with Crippen LogP contribution in [0.5, 0.6) is 0 Å². The van der Waals surface area contributed by atoms with Gasteiger partial charge in [-0.05, 0) is 37.4 Å². The largest absolute Gasteiger partial charge is 0.347 e. The van der Waals surface area contributed by atoms with Crippen molar-refractivity contribution in [3.05, 3.63) is 64.1 Å². The number of carbonyl (C=O) groups excluding carboxylic acids is 1. The van der Waals surface area contributed by atoms with Crippen molar-refractivity contribution in [2.45, 2.75) is 25.3 Å². The zero-order valence-electron chi connectivity index (χ0n) is 14.5. The summed E-state index contributed by atoms with van der Waals surface area (Å²) in [6.07, 6.45) is 3.06. The molecule has 6 nitrogen and oxygen atoms in total. The average Bonchev–Trinajstić information content (AvgIpc) is 2.63. The molecule has 1 aromatic carbocycles. The Hall–Kier alpha value is -2.47. The molecule has 1 amide bonds. The fourth-order valence-corrected chi connectivity index (χ4v) is 3.19. The summed E-state index contributed by atoms with van der Waals surface area (Å²) in [5.41, 5.74) is 1.40. The quantitative estimate of drug-likeness (QED) is 0.889. The van der Waals surface area contributed by atoms with E-state index < -0.39 is 0 Å². The van der Waals surface area contributed by atoms with Gasteiger partial charge in [0.05, 0.1) is 0 Å². The minimum atomic E-state index is -0.221. The van der Waals surface area contributed by atoms with Crippen molar-refractivity contribution < 1.29 is 4.79 Å². The molecule has 0 radical (unpaired) electrons. The number of amides is 1. The predicted molar refractivity (Wildman–Crippen MR) is 96.6 cm³/mol. The van der Waals surface area contributed by atoms with Gasteiger partial charge >= 0.3 is 0 Å². The molecule has 0 bridgehead atoms. The number of rotatable bonds is 5. The molecule has 1 atom stereocenters. The monoisotopic (exact) mass is 340 g/mol. The van der Waals surface area contributed by atoms with Gasteiger partial charge in [0.2, 0.25) is 0 Å². The van der Waals surface area contributed by atoms with E-state index in [-0.39, 0.29) is 23.2 Å². The summed E-state index contributed by atoms with van der Waals surface area (Å²) in [5, 5.41) is 7.06. The van der Waals surface area contributed by atoms with Crippen molar-refractivity contribution >= 4 is 5.91 Å². The lowest BCUT2D eigenvalue weighted by atomic mass is 10.0. The number of aryl methyl sites for hydroxylation is 1. The van der Waals surface area contributed by atoms with Gasteiger partial charge in [0.1, 0.15) is 5.69 Å². The van der Waals surface area contributed by atoms with Crippen LogP contribution in [0.3, 0.4) is 0 Å². The maximum Gasteiger partial charge on any atom is 0.271 e. The molecular weight excluding hydrogens is 316 g/mol. The number of aromatic nitrogens is 2. The number of carbonyl (C=O) groups is 1. The maximum absolute atomic E-state index is 12.4. The van der Waals surface area contributed by atoms with Crippen molar-refractivity contribution in [3.63, 3.8) is 0 Å². The topological polar surface area (TPSA) is 67.2 Å². The highest BCUT2D eigenvalue weighted by Crippen LogP contribution is 2.12. The standard InChI is InChI=1S/C19H24N4O2/c1-22-18(24)10-9-17(21-22)19(25)20-16-8-5-12-23(14-16)13-11-15-6-3-2-4-7-15/h2-4,6-7,9-10,16H,5,8,11-14H2,1H3,(H,20,25)/t16-/m1/s1. The van der Waals surface area contributed by atoms with E-state index in [1.165, 1.54) is 22.4 Å². The van der Waals surface area contributed by atoms with Crippen LogP contribution in [0.1, 0.15) is 28.9 Å². The SMILES string of the molecule is Cn1nc(C(=O)N[C@@H]2CCCN(CCc3ccccc3)C2)ccc1=O.